The van der Waals surface area contributed by atoms with Gasteiger partial charge in [0.25, 0.3) is 5.91 Å². The number of nitrogens with zero attached hydrogens (tertiary/aromatic N) is 2. The number of aliphatic imine (C=N–C) groups is 1. The van der Waals surface area contributed by atoms with Crippen LogP contribution in [0.15, 0.2) is 35.3 Å². The van der Waals surface area contributed by atoms with E-state index in [1.807, 2.05) is 18.2 Å². The zero-order chi connectivity index (χ0) is 18.8. The van der Waals surface area contributed by atoms with Gasteiger partial charge in [-0.15, -0.1) is 24.0 Å². The number of carbonyl (C=O) groups is 2. The van der Waals surface area contributed by atoms with Crippen LogP contribution >= 0.6 is 24.0 Å². The fraction of sp³-hybridized carbons (Fsp3) is 0.526. The summed E-state index contributed by atoms with van der Waals surface area (Å²) >= 11 is 0. The van der Waals surface area contributed by atoms with Crippen molar-refractivity contribution < 1.29 is 9.59 Å². The molecule has 0 radical (unpaired) electrons. The Balaban J connectivity index is 0.00000364. The highest BCUT2D eigenvalue weighted by molar-refractivity contribution is 14.0. The predicted molar refractivity (Wildman–Crippen MR) is 119 cm³/mol. The molecule has 1 aliphatic heterocycles. The van der Waals surface area contributed by atoms with Crippen LogP contribution < -0.4 is 16.0 Å². The maximum Gasteiger partial charge on any atom is 0.251 e. The molecule has 0 spiro atoms. The van der Waals surface area contributed by atoms with E-state index in [2.05, 4.69) is 25.8 Å². The number of benzene rings is 1. The van der Waals surface area contributed by atoms with Gasteiger partial charge in [0.1, 0.15) is 0 Å². The second-order valence-electron chi connectivity index (χ2n) is 6.40. The molecule has 0 aliphatic carbocycles. The Kier molecular flexibility index (Phi) is 10.8. The molecule has 3 N–H and O–H groups in total. The van der Waals surface area contributed by atoms with E-state index in [-0.39, 0.29) is 35.8 Å². The normalized spacial score (nSPS) is 14.9. The van der Waals surface area contributed by atoms with E-state index in [1.165, 1.54) is 0 Å². The van der Waals surface area contributed by atoms with Crippen LogP contribution in [-0.4, -0.2) is 62.9 Å². The summed E-state index contributed by atoms with van der Waals surface area (Å²) in [5, 5.41) is 8.88. The third-order valence-electron chi connectivity index (χ3n) is 4.61. The number of piperidine rings is 1. The van der Waals surface area contributed by atoms with Crippen LogP contribution in [0.2, 0.25) is 0 Å². The van der Waals surface area contributed by atoms with Gasteiger partial charge in [-0.3, -0.25) is 14.6 Å². The number of hydrogen-bond acceptors (Lipinski definition) is 3. The van der Waals surface area contributed by atoms with E-state index in [1.54, 1.807) is 26.2 Å². The second-order valence-corrected chi connectivity index (χ2v) is 6.40. The first kappa shape index (κ1) is 23.2. The number of likely N-dealkylation sites (tertiary alicyclic amines) is 1. The number of nitrogens with one attached hydrogen (secondary N) is 3. The van der Waals surface area contributed by atoms with Gasteiger partial charge in [-0.2, -0.15) is 0 Å². The minimum atomic E-state index is -0.0718. The Hall–Kier alpha value is -1.84. The lowest BCUT2D eigenvalue weighted by molar-refractivity contribution is -0.121. The summed E-state index contributed by atoms with van der Waals surface area (Å²) in [6, 6.07) is 9.18. The Bertz CT molecular complexity index is 616. The maximum atomic E-state index is 12.0. The van der Waals surface area contributed by atoms with Gasteiger partial charge in [0, 0.05) is 52.3 Å². The third kappa shape index (κ3) is 7.74. The standard InChI is InChI=1S/C19H29N5O2.HI/c1-20-17(25)14-15-8-12-24(13-9-15)19(21-2)23-11-10-22-18(26)16-6-4-3-5-7-16;/h3-7,15H,8-14H2,1-2H3,(H,20,25)(H,21,23)(H,22,26);1H. The topological polar surface area (TPSA) is 85.8 Å². The first-order chi connectivity index (χ1) is 12.6. The molecule has 1 saturated heterocycles. The fourth-order valence-electron chi connectivity index (χ4n) is 3.09. The highest BCUT2D eigenvalue weighted by atomic mass is 127. The highest BCUT2D eigenvalue weighted by Crippen LogP contribution is 2.20. The van der Waals surface area contributed by atoms with Gasteiger partial charge in [0.15, 0.2) is 5.96 Å². The molecule has 2 amide bonds. The summed E-state index contributed by atoms with van der Waals surface area (Å²) in [4.78, 5) is 30.0. The molecule has 1 fully saturated rings. The molecule has 1 aliphatic rings. The van der Waals surface area contributed by atoms with Crippen molar-refractivity contribution in [1.82, 2.24) is 20.9 Å². The zero-order valence-corrected chi connectivity index (χ0v) is 18.4. The zero-order valence-electron chi connectivity index (χ0n) is 16.0. The summed E-state index contributed by atoms with van der Waals surface area (Å²) in [6.07, 6.45) is 2.57. The Morgan fingerprint density at radius 3 is 2.33 bits per heavy atom. The second kappa shape index (κ2) is 12.5. The molecular formula is C19H30IN5O2. The average Bonchev–Trinajstić information content (AvgIpc) is 2.69. The van der Waals surface area contributed by atoms with Crippen molar-refractivity contribution in [3.8, 4) is 0 Å². The van der Waals surface area contributed by atoms with Crippen molar-refractivity contribution >= 4 is 41.8 Å². The summed E-state index contributed by atoms with van der Waals surface area (Å²) in [5.41, 5.74) is 0.662. The molecule has 0 bridgehead atoms. The minimum Gasteiger partial charge on any atom is -0.359 e. The lowest BCUT2D eigenvalue weighted by Crippen LogP contribution is -2.47. The minimum absolute atomic E-state index is 0. The molecule has 2 rings (SSSR count). The van der Waals surface area contributed by atoms with Crippen LogP contribution in [-0.2, 0) is 4.79 Å². The fourth-order valence-corrected chi connectivity index (χ4v) is 3.09. The summed E-state index contributed by atoms with van der Waals surface area (Å²) < 4.78 is 0. The van der Waals surface area contributed by atoms with Gasteiger partial charge in [-0.1, -0.05) is 18.2 Å². The van der Waals surface area contributed by atoms with Gasteiger partial charge < -0.3 is 20.9 Å². The van der Waals surface area contributed by atoms with Crippen LogP contribution in [0.3, 0.4) is 0 Å². The van der Waals surface area contributed by atoms with E-state index in [0.29, 0.717) is 31.0 Å². The molecule has 1 heterocycles. The highest BCUT2D eigenvalue weighted by Gasteiger charge is 2.22. The van der Waals surface area contributed by atoms with Crippen molar-refractivity contribution in [3.63, 3.8) is 0 Å². The van der Waals surface area contributed by atoms with Gasteiger partial charge in [0.05, 0.1) is 0 Å². The number of carbonyl (C=O) groups excluding carboxylic acids is 2. The van der Waals surface area contributed by atoms with Crippen molar-refractivity contribution in [1.29, 1.82) is 0 Å². The number of halogens is 1. The average molecular weight is 487 g/mol. The maximum absolute atomic E-state index is 12.0. The summed E-state index contributed by atoms with van der Waals surface area (Å²) in [5.74, 6) is 1.32. The Morgan fingerprint density at radius 2 is 1.74 bits per heavy atom. The molecular weight excluding hydrogens is 457 g/mol. The quantitative estimate of drug-likeness (QED) is 0.246. The van der Waals surface area contributed by atoms with Crippen LogP contribution in [0, 0.1) is 5.92 Å². The van der Waals surface area contributed by atoms with E-state index < -0.39 is 0 Å². The molecule has 0 unspecified atom stereocenters. The van der Waals surface area contributed by atoms with Crippen LogP contribution in [0.1, 0.15) is 29.6 Å². The first-order valence-corrected chi connectivity index (χ1v) is 9.13. The third-order valence-corrected chi connectivity index (χ3v) is 4.61. The first-order valence-electron chi connectivity index (χ1n) is 9.13. The lowest BCUT2D eigenvalue weighted by Gasteiger charge is -2.34. The Labute approximate surface area is 178 Å². The number of guanidine groups is 1. The van der Waals surface area contributed by atoms with Crippen molar-refractivity contribution in [2.45, 2.75) is 19.3 Å². The molecule has 7 nitrogen and oxygen atoms in total. The Morgan fingerprint density at radius 1 is 1.11 bits per heavy atom. The van der Waals surface area contributed by atoms with Gasteiger partial charge >= 0.3 is 0 Å². The van der Waals surface area contributed by atoms with Crippen molar-refractivity contribution in [2.75, 3.05) is 40.3 Å². The van der Waals surface area contributed by atoms with E-state index >= 15 is 0 Å². The monoisotopic (exact) mass is 487 g/mol. The van der Waals surface area contributed by atoms with Gasteiger partial charge in [-0.25, -0.2) is 0 Å². The van der Waals surface area contributed by atoms with E-state index in [4.69, 9.17) is 0 Å². The van der Waals surface area contributed by atoms with Crippen molar-refractivity contribution in [2.24, 2.45) is 10.9 Å². The smallest absolute Gasteiger partial charge is 0.251 e. The molecule has 1 aromatic rings. The van der Waals surface area contributed by atoms with E-state index in [9.17, 15) is 9.59 Å². The molecule has 0 atom stereocenters. The molecule has 150 valence electrons. The SMILES string of the molecule is CN=C(NCCNC(=O)c1ccccc1)N1CCC(CC(=O)NC)CC1.I. The number of hydrogen-bond donors (Lipinski definition) is 3. The summed E-state index contributed by atoms with van der Waals surface area (Å²) in [6.45, 7) is 2.92. The van der Waals surface area contributed by atoms with Crippen LogP contribution in [0.4, 0.5) is 0 Å². The predicted octanol–water partition coefficient (Wildman–Crippen LogP) is 1.46. The van der Waals surface area contributed by atoms with Gasteiger partial charge in [0.2, 0.25) is 5.91 Å². The molecule has 27 heavy (non-hydrogen) atoms. The molecule has 0 aromatic heterocycles. The number of rotatable bonds is 6. The van der Waals surface area contributed by atoms with Crippen LogP contribution in [0.5, 0.6) is 0 Å². The molecule has 8 heteroatoms. The van der Waals surface area contributed by atoms with Gasteiger partial charge in [-0.05, 0) is 30.9 Å². The lowest BCUT2D eigenvalue weighted by atomic mass is 9.93. The number of amides is 2. The summed E-state index contributed by atoms with van der Waals surface area (Å²) in [7, 11) is 3.45. The molecule has 0 saturated carbocycles. The largest absolute Gasteiger partial charge is 0.359 e. The van der Waals surface area contributed by atoms with E-state index in [0.717, 1.165) is 31.9 Å². The van der Waals surface area contributed by atoms with Crippen LogP contribution in [0.25, 0.3) is 0 Å². The molecule has 1 aromatic carbocycles. The van der Waals surface area contributed by atoms with Crippen molar-refractivity contribution in [3.05, 3.63) is 35.9 Å².